The number of hydrogen-bond donors (Lipinski definition) is 0. The van der Waals surface area contributed by atoms with Gasteiger partial charge in [0, 0.05) is 47.1 Å². The van der Waals surface area contributed by atoms with Crippen molar-refractivity contribution in [2.24, 2.45) is 0 Å². The van der Waals surface area contributed by atoms with Crippen LogP contribution in [0.15, 0.2) is 22.9 Å². The van der Waals surface area contributed by atoms with Gasteiger partial charge in [-0.15, -0.1) is 0 Å². The van der Waals surface area contributed by atoms with Crippen molar-refractivity contribution in [1.29, 1.82) is 0 Å². The van der Waals surface area contributed by atoms with Crippen LogP contribution in [0.3, 0.4) is 0 Å². The fourth-order valence-electron chi connectivity index (χ4n) is 1.80. The molecule has 2 atom stereocenters. The molecule has 2 unspecified atom stereocenters. The number of nitrogens with zero attached hydrogens (tertiary/aromatic N) is 3. The molecule has 0 fully saturated rings. The summed E-state index contributed by atoms with van der Waals surface area (Å²) in [5, 5.41) is 3.95. The van der Waals surface area contributed by atoms with E-state index in [1.54, 1.807) is 18.5 Å². The fourth-order valence-corrected chi connectivity index (χ4v) is 2.35. The van der Waals surface area contributed by atoms with Gasteiger partial charge in [-0.2, -0.15) is 4.98 Å². The molecule has 0 radical (unpaired) electrons. The molecule has 0 N–H and O–H groups in total. The van der Waals surface area contributed by atoms with Crippen LogP contribution in [0.5, 0.6) is 5.88 Å². The normalized spacial score (nSPS) is 13.8. The van der Waals surface area contributed by atoms with Gasteiger partial charge in [-0.3, -0.25) is 4.21 Å². The van der Waals surface area contributed by atoms with Crippen LogP contribution < -0.4 is 4.74 Å². The second kappa shape index (κ2) is 8.03. The van der Waals surface area contributed by atoms with Gasteiger partial charge in [0.1, 0.15) is 0 Å². The number of aromatic nitrogens is 3. The van der Waals surface area contributed by atoms with Gasteiger partial charge >= 0.3 is 0 Å². The van der Waals surface area contributed by atoms with E-state index in [4.69, 9.17) is 9.26 Å². The Bertz CT molecular complexity index is 630. The lowest BCUT2D eigenvalue weighted by atomic mass is 10.2. The minimum atomic E-state index is -0.789. The van der Waals surface area contributed by atoms with E-state index in [-0.39, 0.29) is 6.10 Å². The first kappa shape index (κ1) is 16.6. The number of aryl methyl sites for hydroxylation is 1. The van der Waals surface area contributed by atoms with Crippen LogP contribution >= 0.6 is 0 Å². The molecule has 0 aromatic carbocycles. The van der Waals surface area contributed by atoms with Crippen LogP contribution in [0.4, 0.5) is 0 Å². The second-order valence-corrected chi connectivity index (χ2v) is 6.67. The van der Waals surface area contributed by atoms with Crippen LogP contribution in [0, 0.1) is 0 Å². The molecule has 2 rings (SSSR count). The Balaban J connectivity index is 2.04. The first-order valence-electron chi connectivity index (χ1n) is 7.34. The summed E-state index contributed by atoms with van der Waals surface area (Å²) < 4.78 is 22.0. The number of hydrogen-bond acceptors (Lipinski definition) is 6. The third-order valence-corrected chi connectivity index (χ3v) is 4.04. The van der Waals surface area contributed by atoms with Crippen LogP contribution in [-0.4, -0.2) is 37.4 Å². The molecule has 22 heavy (non-hydrogen) atoms. The largest absolute Gasteiger partial charge is 0.475 e. The Hall–Kier alpha value is -1.76. The maximum absolute atomic E-state index is 11.0. The predicted molar refractivity (Wildman–Crippen MR) is 85.2 cm³/mol. The topological polar surface area (TPSA) is 78.1 Å². The molecule has 6 nitrogen and oxygen atoms in total. The molecule has 0 aliphatic rings. The summed E-state index contributed by atoms with van der Waals surface area (Å²) in [4.78, 5) is 8.54. The van der Waals surface area contributed by atoms with Gasteiger partial charge in [0.2, 0.25) is 5.88 Å². The smallest absolute Gasteiger partial charge is 0.258 e. The van der Waals surface area contributed by atoms with Crippen molar-refractivity contribution >= 4 is 10.8 Å². The molecular formula is C15H21N3O3S. The van der Waals surface area contributed by atoms with E-state index in [1.165, 1.54) is 0 Å². The molecule has 2 aromatic heterocycles. The zero-order valence-corrected chi connectivity index (χ0v) is 13.9. The number of rotatable bonds is 8. The van der Waals surface area contributed by atoms with Gasteiger partial charge in [0.15, 0.2) is 5.82 Å². The van der Waals surface area contributed by atoms with Gasteiger partial charge in [0.05, 0.1) is 6.10 Å². The van der Waals surface area contributed by atoms with Crippen LogP contribution in [0.1, 0.15) is 32.5 Å². The minimum absolute atomic E-state index is 0.107. The quantitative estimate of drug-likeness (QED) is 0.743. The van der Waals surface area contributed by atoms with Gasteiger partial charge in [0.25, 0.3) is 5.89 Å². The molecule has 7 heteroatoms. The average Bonchev–Trinajstić information content (AvgIpc) is 2.96. The van der Waals surface area contributed by atoms with E-state index in [9.17, 15) is 4.21 Å². The highest BCUT2D eigenvalue weighted by atomic mass is 32.2. The molecule has 0 aliphatic heterocycles. The Morgan fingerprint density at radius 1 is 1.45 bits per heavy atom. The first-order valence-corrected chi connectivity index (χ1v) is 9.07. The summed E-state index contributed by atoms with van der Waals surface area (Å²) in [6.45, 7) is 4.05. The van der Waals surface area contributed by atoms with E-state index in [1.807, 2.05) is 13.0 Å². The molecule has 0 saturated heterocycles. The summed E-state index contributed by atoms with van der Waals surface area (Å²) in [5.74, 6) is 2.27. The Kier molecular flexibility index (Phi) is 6.06. The van der Waals surface area contributed by atoms with E-state index in [2.05, 4.69) is 22.0 Å². The highest BCUT2D eigenvalue weighted by Crippen LogP contribution is 2.21. The SMILES string of the molecule is CCC(C)Oc1cc(-c2nc(CCCS(C)=O)no2)ccn1. The average molecular weight is 323 g/mol. The summed E-state index contributed by atoms with van der Waals surface area (Å²) in [6.07, 6.45) is 5.81. The molecular weight excluding hydrogens is 302 g/mol. The van der Waals surface area contributed by atoms with Crippen molar-refractivity contribution in [1.82, 2.24) is 15.1 Å². The standard InChI is InChI=1S/C15H21N3O3S/c1-4-11(2)20-14-10-12(7-8-16-14)15-17-13(18-21-15)6-5-9-22(3)19/h7-8,10-11H,4-6,9H2,1-3H3. The van der Waals surface area contributed by atoms with Gasteiger partial charge < -0.3 is 9.26 Å². The molecule has 0 saturated carbocycles. The highest BCUT2D eigenvalue weighted by Gasteiger charge is 2.11. The maximum Gasteiger partial charge on any atom is 0.258 e. The summed E-state index contributed by atoms with van der Waals surface area (Å²) in [7, 11) is -0.789. The van der Waals surface area contributed by atoms with Crippen molar-refractivity contribution < 1.29 is 13.5 Å². The Morgan fingerprint density at radius 2 is 2.27 bits per heavy atom. The zero-order chi connectivity index (χ0) is 15.9. The van der Waals surface area contributed by atoms with Crippen LogP contribution in [0.25, 0.3) is 11.5 Å². The van der Waals surface area contributed by atoms with E-state index in [0.717, 1.165) is 18.4 Å². The van der Waals surface area contributed by atoms with Gasteiger partial charge in [-0.25, -0.2) is 4.98 Å². The lowest BCUT2D eigenvalue weighted by Crippen LogP contribution is -2.10. The van der Waals surface area contributed by atoms with E-state index < -0.39 is 10.8 Å². The van der Waals surface area contributed by atoms with Crippen molar-refractivity contribution in [2.75, 3.05) is 12.0 Å². The van der Waals surface area contributed by atoms with Crippen LogP contribution in [-0.2, 0) is 17.2 Å². The summed E-state index contributed by atoms with van der Waals surface area (Å²) >= 11 is 0. The molecule has 2 aromatic rings. The third-order valence-electron chi connectivity index (χ3n) is 3.18. The lowest BCUT2D eigenvalue weighted by Gasteiger charge is -2.11. The second-order valence-electron chi connectivity index (χ2n) is 5.12. The van der Waals surface area contributed by atoms with Gasteiger partial charge in [-0.05, 0) is 25.8 Å². The molecule has 120 valence electrons. The molecule has 0 amide bonds. The Morgan fingerprint density at radius 3 is 3.00 bits per heavy atom. The van der Waals surface area contributed by atoms with Crippen molar-refractivity contribution in [3.8, 4) is 17.3 Å². The van der Waals surface area contributed by atoms with E-state index in [0.29, 0.717) is 29.8 Å². The number of pyridine rings is 1. The van der Waals surface area contributed by atoms with Crippen molar-refractivity contribution in [3.63, 3.8) is 0 Å². The molecule has 0 bridgehead atoms. The molecule has 0 spiro atoms. The third kappa shape index (κ3) is 4.91. The summed E-state index contributed by atoms with van der Waals surface area (Å²) in [6, 6.07) is 3.60. The van der Waals surface area contributed by atoms with E-state index >= 15 is 0 Å². The lowest BCUT2D eigenvalue weighted by molar-refractivity contribution is 0.208. The van der Waals surface area contributed by atoms with Crippen molar-refractivity contribution in [2.45, 2.75) is 39.2 Å². The Labute approximate surface area is 132 Å². The number of ether oxygens (including phenoxy) is 1. The monoisotopic (exact) mass is 323 g/mol. The minimum Gasteiger partial charge on any atom is -0.475 e. The predicted octanol–water partition coefficient (Wildman–Crippen LogP) is 2.62. The zero-order valence-electron chi connectivity index (χ0n) is 13.1. The molecule has 2 heterocycles. The summed E-state index contributed by atoms with van der Waals surface area (Å²) in [5.41, 5.74) is 0.783. The molecule has 0 aliphatic carbocycles. The first-order chi connectivity index (χ1) is 10.6. The van der Waals surface area contributed by atoms with Crippen LogP contribution in [0.2, 0.25) is 0 Å². The van der Waals surface area contributed by atoms with Gasteiger partial charge in [-0.1, -0.05) is 12.1 Å². The fraction of sp³-hybridized carbons (Fsp3) is 0.533. The van der Waals surface area contributed by atoms with Crippen molar-refractivity contribution in [3.05, 3.63) is 24.2 Å². The maximum atomic E-state index is 11.0. The highest BCUT2D eigenvalue weighted by molar-refractivity contribution is 7.84.